The molecule has 9 nitrogen and oxygen atoms in total. The van der Waals surface area contributed by atoms with Gasteiger partial charge in [-0.1, -0.05) is 18.2 Å². The number of benzene rings is 2. The maximum atomic E-state index is 12.7. The Balaban J connectivity index is 1.39. The highest BCUT2D eigenvalue weighted by Crippen LogP contribution is 2.24. The maximum Gasteiger partial charge on any atom is 0.336 e. The molecule has 5 rings (SSSR count). The van der Waals surface area contributed by atoms with E-state index in [1.165, 1.54) is 16.9 Å². The number of fused-ring (bicyclic) bond motifs is 2. The van der Waals surface area contributed by atoms with Gasteiger partial charge in [0.1, 0.15) is 23.0 Å². The molecule has 5 aromatic rings. The highest BCUT2D eigenvalue weighted by atomic mass is 16.5. The van der Waals surface area contributed by atoms with Gasteiger partial charge in [0.15, 0.2) is 18.2 Å². The Kier molecular flexibility index (Phi) is 5.47. The molecule has 0 aliphatic carbocycles. The largest absolute Gasteiger partial charge is 0.484 e. The van der Waals surface area contributed by atoms with Crippen LogP contribution in [0.4, 0.5) is 5.82 Å². The summed E-state index contributed by atoms with van der Waals surface area (Å²) in [6.07, 6.45) is 1.37. The van der Waals surface area contributed by atoms with E-state index in [1.807, 2.05) is 50.2 Å². The average molecular weight is 465 g/mol. The first-order valence-electron chi connectivity index (χ1n) is 10.7. The lowest BCUT2D eigenvalue weighted by molar-refractivity contribution is -0.118. The number of nitriles is 1. The van der Waals surface area contributed by atoms with E-state index >= 15 is 0 Å². The Morgan fingerprint density at radius 2 is 1.91 bits per heavy atom. The lowest BCUT2D eigenvalue weighted by Crippen LogP contribution is -2.22. The molecule has 0 aliphatic rings. The maximum absolute atomic E-state index is 12.7. The van der Waals surface area contributed by atoms with E-state index in [2.05, 4.69) is 15.4 Å². The SMILES string of the molecule is Cc1cc(-n2ncc(C#N)c2NC(=O)COc2ccc3c(C)cc(=O)oc3c2)nc2ccccc12. The van der Waals surface area contributed by atoms with Crippen LogP contribution in [0, 0.1) is 25.2 Å². The van der Waals surface area contributed by atoms with E-state index in [1.54, 1.807) is 18.2 Å². The minimum absolute atomic E-state index is 0.189. The van der Waals surface area contributed by atoms with Crippen molar-refractivity contribution in [1.82, 2.24) is 14.8 Å². The highest BCUT2D eigenvalue weighted by Gasteiger charge is 2.17. The second kappa shape index (κ2) is 8.76. The van der Waals surface area contributed by atoms with E-state index in [-0.39, 0.29) is 18.0 Å². The topological polar surface area (TPSA) is 123 Å². The monoisotopic (exact) mass is 465 g/mol. The Morgan fingerprint density at radius 1 is 1.11 bits per heavy atom. The van der Waals surface area contributed by atoms with E-state index in [0.717, 1.165) is 27.4 Å². The lowest BCUT2D eigenvalue weighted by Gasteiger charge is -2.12. The van der Waals surface area contributed by atoms with E-state index in [9.17, 15) is 14.9 Å². The first kappa shape index (κ1) is 21.9. The van der Waals surface area contributed by atoms with Crippen molar-refractivity contribution in [2.75, 3.05) is 11.9 Å². The fourth-order valence-electron chi connectivity index (χ4n) is 3.88. The van der Waals surface area contributed by atoms with E-state index < -0.39 is 11.5 Å². The Hall–Kier alpha value is -4.97. The van der Waals surface area contributed by atoms with Crippen LogP contribution in [0.15, 0.2) is 70.0 Å². The number of aryl methyl sites for hydroxylation is 2. The van der Waals surface area contributed by atoms with Crippen molar-refractivity contribution >= 4 is 33.6 Å². The van der Waals surface area contributed by atoms with Crippen LogP contribution in [0.25, 0.3) is 27.7 Å². The zero-order valence-corrected chi connectivity index (χ0v) is 18.9. The summed E-state index contributed by atoms with van der Waals surface area (Å²) in [6.45, 7) is 3.44. The van der Waals surface area contributed by atoms with Crippen molar-refractivity contribution < 1.29 is 13.9 Å². The van der Waals surface area contributed by atoms with Gasteiger partial charge in [-0.2, -0.15) is 15.0 Å². The molecule has 0 aliphatic heterocycles. The summed E-state index contributed by atoms with van der Waals surface area (Å²) in [7, 11) is 0. The first-order valence-corrected chi connectivity index (χ1v) is 10.7. The highest BCUT2D eigenvalue weighted by molar-refractivity contribution is 5.93. The Morgan fingerprint density at radius 3 is 2.74 bits per heavy atom. The smallest absolute Gasteiger partial charge is 0.336 e. The van der Waals surface area contributed by atoms with Gasteiger partial charge in [-0.05, 0) is 49.2 Å². The molecule has 3 aromatic heterocycles. The van der Waals surface area contributed by atoms with Gasteiger partial charge in [0.2, 0.25) is 0 Å². The standard InChI is InChI=1S/C26H19N5O4/c1-15-9-23(29-21-6-4-3-5-19(15)21)31-26(17(12-27)13-28-31)30-24(32)14-34-18-7-8-20-16(2)10-25(33)35-22(20)11-18/h3-11,13H,14H2,1-2H3,(H,30,32). The van der Waals surface area contributed by atoms with Gasteiger partial charge in [0.05, 0.1) is 11.7 Å². The Labute approximate surface area is 199 Å². The molecule has 3 heterocycles. The number of rotatable bonds is 5. The third-order valence-electron chi connectivity index (χ3n) is 5.57. The number of carbonyl (C=O) groups excluding carboxylic acids is 1. The second-order valence-corrected chi connectivity index (χ2v) is 7.99. The van der Waals surface area contributed by atoms with Gasteiger partial charge >= 0.3 is 5.63 Å². The van der Waals surface area contributed by atoms with Crippen molar-refractivity contribution in [1.29, 1.82) is 5.26 Å². The number of aromatic nitrogens is 3. The fraction of sp³-hybridized carbons (Fsp3) is 0.115. The number of ether oxygens (including phenoxy) is 1. The predicted octanol–water partition coefficient (Wildman–Crippen LogP) is 4.03. The molecule has 9 heteroatoms. The van der Waals surface area contributed by atoms with Crippen molar-refractivity contribution in [2.24, 2.45) is 0 Å². The minimum Gasteiger partial charge on any atom is -0.484 e. The first-order chi connectivity index (χ1) is 16.9. The number of pyridine rings is 1. The van der Waals surface area contributed by atoms with E-state index in [0.29, 0.717) is 17.2 Å². The summed E-state index contributed by atoms with van der Waals surface area (Å²) >= 11 is 0. The fourth-order valence-corrected chi connectivity index (χ4v) is 3.88. The third kappa shape index (κ3) is 4.20. The second-order valence-electron chi connectivity index (χ2n) is 7.99. The van der Waals surface area contributed by atoms with Crippen LogP contribution >= 0.6 is 0 Å². The molecule has 2 aromatic carbocycles. The van der Waals surface area contributed by atoms with E-state index in [4.69, 9.17) is 9.15 Å². The number of para-hydroxylation sites is 1. The van der Waals surface area contributed by atoms with Gasteiger partial charge in [0, 0.05) is 22.9 Å². The summed E-state index contributed by atoms with van der Waals surface area (Å²) in [6, 6.07) is 18.0. The Bertz CT molecular complexity index is 1710. The van der Waals surface area contributed by atoms with Gasteiger partial charge in [-0.25, -0.2) is 9.78 Å². The molecule has 172 valence electrons. The van der Waals surface area contributed by atoms with Gasteiger partial charge in [0.25, 0.3) is 5.91 Å². The van der Waals surface area contributed by atoms with Crippen LogP contribution in [0.1, 0.15) is 16.7 Å². The molecular weight excluding hydrogens is 446 g/mol. The molecule has 0 atom stereocenters. The van der Waals surface area contributed by atoms with Crippen LogP contribution < -0.4 is 15.7 Å². The van der Waals surface area contributed by atoms with Crippen LogP contribution in [0.3, 0.4) is 0 Å². The minimum atomic E-state index is -0.494. The molecule has 0 saturated carbocycles. The molecule has 0 saturated heterocycles. The molecule has 35 heavy (non-hydrogen) atoms. The van der Waals surface area contributed by atoms with Crippen LogP contribution in [-0.2, 0) is 4.79 Å². The van der Waals surface area contributed by atoms with Crippen molar-refractivity contribution in [3.05, 3.63) is 87.9 Å². The third-order valence-corrected chi connectivity index (χ3v) is 5.57. The van der Waals surface area contributed by atoms with Crippen LogP contribution in [-0.4, -0.2) is 27.3 Å². The normalized spacial score (nSPS) is 10.9. The number of carbonyl (C=O) groups is 1. The van der Waals surface area contributed by atoms with Crippen molar-refractivity contribution in [3.63, 3.8) is 0 Å². The lowest BCUT2D eigenvalue weighted by atomic mass is 10.1. The zero-order valence-electron chi connectivity index (χ0n) is 18.9. The summed E-state index contributed by atoms with van der Waals surface area (Å²) in [4.78, 5) is 29.0. The molecule has 0 radical (unpaired) electrons. The summed E-state index contributed by atoms with van der Waals surface area (Å²) in [5.41, 5.74) is 2.65. The molecule has 1 amide bonds. The number of nitrogens with zero attached hydrogens (tertiary/aromatic N) is 4. The molecule has 0 spiro atoms. The molecule has 0 unspecified atom stereocenters. The number of nitrogens with one attached hydrogen (secondary N) is 1. The summed E-state index contributed by atoms with van der Waals surface area (Å²) < 4.78 is 12.2. The number of anilines is 1. The predicted molar refractivity (Wildman–Crippen MR) is 130 cm³/mol. The molecule has 1 N–H and O–H groups in total. The zero-order chi connectivity index (χ0) is 24.5. The van der Waals surface area contributed by atoms with Crippen LogP contribution in [0.5, 0.6) is 5.75 Å². The molecule has 0 bridgehead atoms. The number of hydrogen-bond donors (Lipinski definition) is 1. The van der Waals surface area contributed by atoms with Gasteiger partial charge < -0.3 is 14.5 Å². The average Bonchev–Trinajstić information content (AvgIpc) is 3.24. The summed E-state index contributed by atoms with van der Waals surface area (Å²) in [5.74, 6) is 0.538. The van der Waals surface area contributed by atoms with Crippen molar-refractivity contribution in [3.8, 4) is 17.6 Å². The van der Waals surface area contributed by atoms with Gasteiger partial charge in [-0.15, -0.1) is 0 Å². The quantitative estimate of drug-likeness (QED) is 0.389. The number of amides is 1. The van der Waals surface area contributed by atoms with Gasteiger partial charge in [-0.3, -0.25) is 4.79 Å². The van der Waals surface area contributed by atoms with Crippen LogP contribution in [0.2, 0.25) is 0 Å². The number of hydrogen-bond acceptors (Lipinski definition) is 7. The summed E-state index contributed by atoms with van der Waals surface area (Å²) in [5, 5.41) is 18.3. The van der Waals surface area contributed by atoms with Crippen molar-refractivity contribution in [2.45, 2.75) is 13.8 Å². The molecule has 0 fully saturated rings. The molecular formula is C26H19N5O4.